The van der Waals surface area contributed by atoms with Gasteiger partial charge in [0.05, 0.1) is 0 Å². The molecule has 4 atom stereocenters. The van der Waals surface area contributed by atoms with Crippen molar-refractivity contribution in [1.29, 1.82) is 0 Å². The molecule has 0 spiro atoms. The number of rotatable bonds is 6. The summed E-state index contributed by atoms with van der Waals surface area (Å²) in [6, 6.07) is 4.75. The summed E-state index contributed by atoms with van der Waals surface area (Å²) in [5.41, 5.74) is 0.908. The lowest BCUT2D eigenvalue weighted by Gasteiger charge is -2.31. The van der Waals surface area contributed by atoms with Crippen LogP contribution in [0.25, 0.3) is 0 Å². The fourth-order valence-electron chi connectivity index (χ4n) is 4.41. The molecular weight excluding hydrogens is 268 g/mol. The van der Waals surface area contributed by atoms with Crippen LogP contribution in [0.1, 0.15) is 44.6 Å². The maximum atomic E-state index is 13.4. The minimum absolute atomic E-state index is 0.408. The molecule has 1 aromatic carbocycles. The lowest BCUT2D eigenvalue weighted by atomic mass is 9.81. The van der Waals surface area contributed by atoms with E-state index in [4.69, 9.17) is 0 Å². The normalized spacial score (nSPS) is 29.0. The number of hydrogen-bond donors (Lipinski definition) is 1. The van der Waals surface area contributed by atoms with Crippen molar-refractivity contribution in [1.82, 2.24) is 5.32 Å². The van der Waals surface area contributed by atoms with E-state index in [1.807, 2.05) is 0 Å². The van der Waals surface area contributed by atoms with E-state index in [0.29, 0.717) is 12.0 Å². The molecule has 116 valence electrons. The molecule has 0 heterocycles. The standard InChI is InChI=1S/C18H25F2N/c1-2-7-21-18(15-9-12-3-5-14(15)8-12)11-13-4-6-16(19)17(20)10-13/h4,6,10,12,14-15,18,21H,2-3,5,7-9,11H2,1H3. The van der Waals surface area contributed by atoms with E-state index >= 15 is 0 Å². The highest BCUT2D eigenvalue weighted by Crippen LogP contribution is 2.49. The molecule has 1 aromatic rings. The first-order valence-corrected chi connectivity index (χ1v) is 8.34. The van der Waals surface area contributed by atoms with Gasteiger partial charge in [0.15, 0.2) is 11.6 Å². The lowest BCUT2D eigenvalue weighted by Crippen LogP contribution is -2.40. The van der Waals surface area contributed by atoms with Gasteiger partial charge in [-0.05, 0) is 74.1 Å². The van der Waals surface area contributed by atoms with Crippen molar-refractivity contribution in [2.75, 3.05) is 6.54 Å². The first-order valence-electron chi connectivity index (χ1n) is 8.34. The van der Waals surface area contributed by atoms with Crippen molar-refractivity contribution in [3.8, 4) is 0 Å². The topological polar surface area (TPSA) is 12.0 Å². The maximum Gasteiger partial charge on any atom is 0.159 e. The van der Waals surface area contributed by atoms with Crippen molar-refractivity contribution in [3.63, 3.8) is 0 Å². The van der Waals surface area contributed by atoms with Gasteiger partial charge in [-0.2, -0.15) is 0 Å². The van der Waals surface area contributed by atoms with E-state index in [-0.39, 0.29) is 0 Å². The van der Waals surface area contributed by atoms with Crippen LogP contribution in [0.5, 0.6) is 0 Å². The number of nitrogens with one attached hydrogen (secondary N) is 1. The molecule has 2 bridgehead atoms. The average Bonchev–Trinajstić information content (AvgIpc) is 3.10. The summed E-state index contributed by atoms with van der Waals surface area (Å²) in [5, 5.41) is 3.66. The molecule has 1 N–H and O–H groups in total. The molecule has 2 aliphatic carbocycles. The fourth-order valence-corrected chi connectivity index (χ4v) is 4.41. The molecular formula is C18H25F2N. The van der Waals surface area contributed by atoms with E-state index in [1.54, 1.807) is 6.07 Å². The Kier molecular flexibility index (Phi) is 4.58. The van der Waals surface area contributed by atoms with Gasteiger partial charge in [-0.1, -0.05) is 19.4 Å². The Labute approximate surface area is 126 Å². The molecule has 4 unspecified atom stereocenters. The summed E-state index contributed by atoms with van der Waals surface area (Å²) in [6.07, 6.45) is 7.37. The van der Waals surface area contributed by atoms with Crippen molar-refractivity contribution in [2.24, 2.45) is 17.8 Å². The highest BCUT2D eigenvalue weighted by Gasteiger charge is 2.42. The predicted octanol–water partition coefficient (Wildman–Crippen LogP) is 4.31. The first-order chi connectivity index (χ1) is 10.2. The molecule has 3 heteroatoms. The summed E-state index contributed by atoms with van der Waals surface area (Å²) in [7, 11) is 0. The molecule has 0 amide bonds. The Balaban J connectivity index is 1.71. The molecule has 2 saturated carbocycles. The zero-order chi connectivity index (χ0) is 14.8. The van der Waals surface area contributed by atoms with E-state index < -0.39 is 11.6 Å². The van der Waals surface area contributed by atoms with Gasteiger partial charge in [-0.25, -0.2) is 8.78 Å². The van der Waals surface area contributed by atoms with Crippen LogP contribution < -0.4 is 5.32 Å². The Morgan fingerprint density at radius 1 is 1.19 bits per heavy atom. The maximum absolute atomic E-state index is 13.4. The van der Waals surface area contributed by atoms with Crippen molar-refractivity contribution in [3.05, 3.63) is 35.4 Å². The minimum atomic E-state index is -0.753. The van der Waals surface area contributed by atoms with Crippen molar-refractivity contribution >= 4 is 0 Å². The van der Waals surface area contributed by atoms with Crippen LogP contribution in [0.2, 0.25) is 0 Å². The van der Waals surface area contributed by atoms with Gasteiger partial charge in [-0.15, -0.1) is 0 Å². The van der Waals surface area contributed by atoms with Crippen LogP contribution in [0, 0.1) is 29.4 Å². The molecule has 3 rings (SSSR count). The third-order valence-electron chi connectivity index (χ3n) is 5.41. The SMILES string of the molecule is CCCNC(Cc1ccc(F)c(F)c1)C1CC2CCC1C2. The quantitative estimate of drug-likeness (QED) is 0.824. The Morgan fingerprint density at radius 2 is 2.05 bits per heavy atom. The summed E-state index contributed by atoms with van der Waals surface area (Å²) in [4.78, 5) is 0. The summed E-state index contributed by atoms with van der Waals surface area (Å²) in [6.45, 7) is 3.17. The third-order valence-corrected chi connectivity index (χ3v) is 5.41. The highest BCUT2D eigenvalue weighted by atomic mass is 19.2. The Hall–Kier alpha value is -0.960. The highest BCUT2D eigenvalue weighted by molar-refractivity contribution is 5.19. The van der Waals surface area contributed by atoms with Crippen LogP contribution in [0.4, 0.5) is 8.78 Å². The van der Waals surface area contributed by atoms with Gasteiger partial charge in [0.2, 0.25) is 0 Å². The number of benzene rings is 1. The molecule has 1 nitrogen and oxygen atoms in total. The van der Waals surface area contributed by atoms with Gasteiger partial charge >= 0.3 is 0 Å². The molecule has 0 radical (unpaired) electrons. The monoisotopic (exact) mass is 293 g/mol. The average molecular weight is 293 g/mol. The first kappa shape index (κ1) is 15.0. The minimum Gasteiger partial charge on any atom is -0.313 e. The molecule has 0 aromatic heterocycles. The van der Waals surface area contributed by atoms with Crippen LogP contribution in [0.3, 0.4) is 0 Å². The number of hydrogen-bond acceptors (Lipinski definition) is 1. The second kappa shape index (κ2) is 6.43. The molecule has 2 aliphatic rings. The van der Waals surface area contributed by atoms with E-state index in [9.17, 15) is 8.78 Å². The third kappa shape index (κ3) is 3.28. The Bertz CT molecular complexity index is 488. The second-order valence-corrected chi connectivity index (χ2v) is 6.85. The van der Waals surface area contributed by atoms with Gasteiger partial charge in [-0.3, -0.25) is 0 Å². The summed E-state index contributed by atoms with van der Waals surface area (Å²) < 4.78 is 26.5. The zero-order valence-corrected chi connectivity index (χ0v) is 12.7. The van der Waals surface area contributed by atoms with Gasteiger partial charge in [0.25, 0.3) is 0 Å². The van der Waals surface area contributed by atoms with Gasteiger partial charge < -0.3 is 5.32 Å². The summed E-state index contributed by atoms with van der Waals surface area (Å²) in [5.74, 6) is 0.986. The van der Waals surface area contributed by atoms with Crippen molar-refractivity contribution < 1.29 is 8.78 Å². The molecule has 21 heavy (non-hydrogen) atoms. The molecule has 0 aliphatic heterocycles. The molecule has 0 saturated heterocycles. The van der Waals surface area contributed by atoms with E-state index in [2.05, 4.69) is 12.2 Å². The van der Waals surface area contributed by atoms with Crippen LogP contribution in [-0.2, 0) is 6.42 Å². The largest absolute Gasteiger partial charge is 0.313 e. The predicted molar refractivity (Wildman–Crippen MR) is 81.1 cm³/mol. The van der Waals surface area contributed by atoms with Gasteiger partial charge in [0.1, 0.15) is 0 Å². The van der Waals surface area contributed by atoms with Crippen LogP contribution >= 0.6 is 0 Å². The van der Waals surface area contributed by atoms with E-state index in [0.717, 1.165) is 36.8 Å². The summed E-state index contributed by atoms with van der Waals surface area (Å²) >= 11 is 0. The van der Waals surface area contributed by atoms with E-state index in [1.165, 1.54) is 37.8 Å². The number of halogens is 2. The smallest absolute Gasteiger partial charge is 0.159 e. The molecule has 2 fully saturated rings. The van der Waals surface area contributed by atoms with Crippen LogP contribution in [-0.4, -0.2) is 12.6 Å². The van der Waals surface area contributed by atoms with Crippen molar-refractivity contribution in [2.45, 2.75) is 51.5 Å². The number of fused-ring (bicyclic) bond motifs is 2. The fraction of sp³-hybridized carbons (Fsp3) is 0.667. The Morgan fingerprint density at radius 3 is 2.67 bits per heavy atom. The lowest BCUT2D eigenvalue weighted by molar-refractivity contribution is 0.246. The van der Waals surface area contributed by atoms with Crippen LogP contribution in [0.15, 0.2) is 18.2 Å². The zero-order valence-electron chi connectivity index (χ0n) is 12.7. The second-order valence-electron chi connectivity index (χ2n) is 6.85. The van der Waals surface area contributed by atoms with Gasteiger partial charge in [0, 0.05) is 6.04 Å².